The molecule has 66 valence electrons. The highest BCUT2D eigenvalue weighted by Gasteiger charge is 2.13. The van der Waals surface area contributed by atoms with E-state index in [1.807, 2.05) is 0 Å². The second-order valence-corrected chi connectivity index (χ2v) is 4.52. The van der Waals surface area contributed by atoms with Gasteiger partial charge in [-0.1, -0.05) is 0 Å². The summed E-state index contributed by atoms with van der Waals surface area (Å²) in [6.07, 6.45) is 0. The highest BCUT2D eigenvalue weighted by molar-refractivity contribution is 14.1. The second-order valence-electron chi connectivity index (χ2n) is 2.01. The summed E-state index contributed by atoms with van der Waals surface area (Å²) < 4.78 is 45.7. The Morgan fingerprint density at radius 1 is 1.33 bits per heavy atom. The van der Waals surface area contributed by atoms with E-state index < -0.39 is 20.9 Å². The van der Waals surface area contributed by atoms with E-state index in [1.54, 1.807) is 22.6 Å². The van der Waals surface area contributed by atoms with Gasteiger partial charge in [-0.3, -0.25) is 0 Å². The third-order valence-electron chi connectivity index (χ3n) is 1.17. The lowest BCUT2D eigenvalue weighted by molar-refractivity contribution is 0.549. The van der Waals surface area contributed by atoms with Crippen LogP contribution in [0.4, 0.5) is 8.28 Å². The predicted octanol–water partition coefficient (Wildman–Crippen LogP) is 2.09. The van der Waals surface area contributed by atoms with Gasteiger partial charge in [0, 0.05) is 3.57 Å². The molecule has 0 aliphatic rings. The average Bonchev–Trinajstić information content (AvgIpc) is 1.92. The summed E-state index contributed by atoms with van der Waals surface area (Å²) in [6, 6.07) is 2.86. The Labute approximate surface area is 81.9 Å². The van der Waals surface area contributed by atoms with Crippen molar-refractivity contribution in [2.24, 2.45) is 0 Å². The summed E-state index contributed by atoms with van der Waals surface area (Å²) in [5.41, 5.74) is 0. The lowest BCUT2D eigenvalue weighted by Crippen LogP contribution is -1.93. The van der Waals surface area contributed by atoms with Gasteiger partial charge in [-0.25, -0.2) is 4.39 Å². The first-order valence-electron chi connectivity index (χ1n) is 2.81. The van der Waals surface area contributed by atoms with Crippen LogP contribution < -0.4 is 0 Å². The summed E-state index contributed by atoms with van der Waals surface area (Å²) in [5, 5.41) is 0. The van der Waals surface area contributed by atoms with E-state index in [1.165, 1.54) is 6.07 Å². The molecule has 0 aliphatic carbocycles. The summed E-state index contributed by atoms with van der Waals surface area (Å²) >= 11 is 1.68. The third-order valence-corrected chi connectivity index (χ3v) is 2.86. The Kier molecular flexibility index (Phi) is 2.67. The number of hydrogen-bond acceptors (Lipinski definition) is 2. The van der Waals surface area contributed by atoms with Crippen molar-refractivity contribution in [2.45, 2.75) is 4.90 Å². The largest absolute Gasteiger partial charge is 0.332 e. The average molecular weight is 304 g/mol. The SMILES string of the molecule is O=S(=O)(F)c1ccc(I)c(F)c1. The molecule has 0 radical (unpaired) electrons. The van der Waals surface area contributed by atoms with Crippen LogP contribution in [-0.2, 0) is 10.2 Å². The molecular formula is C6H3F2IO2S. The quantitative estimate of drug-likeness (QED) is 0.588. The van der Waals surface area contributed by atoms with Gasteiger partial charge in [0.15, 0.2) is 0 Å². The number of hydrogen-bond donors (Lipinski definition) is 0. The third kappa shape index (κ3) is 2.13. The normalized spacial score (nSPS) is 11.6. The van der Waals surface area contributed by atoms with E-state index in [0.29, 0.717) is 6.07 Å². The Morgan fingerprint density at radius 3 is 2.33 bits per heavy atom. The molecule has 12 heavy (non-hydrogen) atoms. The minimum Gasteiger partial charge on any atom is -0.206 e. The standard InChI is InChI=1S/C6H3F2IO2S/c7-5-3-4(12(8,10)11)1-2-6(5)9/h1-3H. The predicted molar refractivity (Wildman–Crippen MR) is 47.4 cm³/mol. The lowest BCUT2D eigenvalue weighted by Gasteiger charge is -1.96. The van der Waals surface area contributed by atoms with Crippen LogP contribution in [0.3, 0.4) is 0 Å². The molecule has 0 fully saturated rings. The van der Waals surface area contributed by atoms with Crippen LogP contribution >= 0.6 is 22.6 Å². The van der Waals surface area contributed by atoms with Crippen molar-refractivity contribution in [2.75, 3.05) is 0 Å². The first-order chi connectivity index (χ1) is 5.41. The molecular weight excluding hydrogens is 301 g/mol. The fourth-order valence-corrected chi connectivity index (χ4v) is 1.44. The molecule has 1 aromatic carbocycles. The van der Waals surface area contributed by atoms with Crippen molar-refractivity contribution in [3.8, 4) is 0 Å². The molecule has 1 aromatic rings. The van der Waals surface area contributed by atoms with Crippen molar-refractivity contribution in [3.63, 3.8) is 0 Å². The summed E-state index contributed by atoms with van der Waals surface area (Å²) in [6.45, 7) is 0. The van der Waals surface area contributed by atoms with Crippen molar-refractivity contribution in [1.29, 1.82) is 0 Å². The smallest absolute Gasteiger partial charge is 0.206 e. The molecule has 0 saturated heterocycles. The molecule has 0 N–H and O–H groups in total. The van der Waals surface area contributed by atoms with Crippen LogP contribution in [0.25, 0.3) is 0 Å². The summed E-state index contributed by atoms with van der Waals surface area (Å²) in [4.78, 5) is -0.652. The minimum absolute atomic E-state index is 0.250. The van der Waals surface area contributed by atoms with Crippen LogP contribution in [-0.4, -0.2) is 8.42 Å². The number of benzene rings is 1. The molecule has 0 spiro atoms. The van der Waals surface area contributed by atoms with Crippen LogP contribution in [0.15, 0.2) is 23.1 Å². The molecule has 0 amide bonds. The first kappa shape index (κ1) is 9.85. The Bertz CT molecular complexity index is 402. The molecule has 0 atom stereocenters. The van der Waals surface area contributed by atoms with Gasteiger partial charge in [-0.15, -0.1) is 3.89 Å². The molecule has 0 aromatic heterocycles. The van der Waals surface area contributed by atoms with E-state index in [9.17, 15) is 16.7 Å². The minimum atomic E-state index is -4.79. The van der Waals surface area contributed by atoms with Crippen LogP contribution in [0.1, 0.15) is 0 Å². The maximum Gasteiger partial charge on any atom is 0.332 e. The highest BCUT2D eigenvalue weighted by atomic mass is 127. The van der Waals surface area contributed by atoms with Gasteiger partial charge in [0.05, 0.1) is 0 Å². The second kappa shape index (κ2) is 3.25. The fourth-order valence-electron chi connectivity index (χ4n) is 0.629. The van der Waals surface area contributed by atoms with E-state index in [4.69, 9.17) is 0 Å². The molecule has 0 saturated carbocycles. The first-order valence-corrected chi connectivity index (χ1v) is 5.27. The van der Waals surface area contributed by atoms with E-state index in [2.05, 4.69) is 0 Å². The Balaban J connectivity index is 3.33. The Morgan fingerprint density at radius 2 is 1.92 bits per heavy atom. The molecule has 0 bridgehead atoms. The van der Waals surface area contributed by atoms with E-state index in [0.717, 1.165) is 6.07 Å². The van der Waals surface area contributed by atoms with E-state index in [-0.39, 0.29) is 3.57 Å². The van der Waals surface area contributed by atoms with Gasteiger partial charge in [0.1, 0.15) is 10.7 Å². The molecule has 1 rings (SSSR count). The van der Waals surface area contributed by atoms with Gasteiger partial charge in [-0.05, 0) is 40.8 Å². The number of halogens is 3. The van der Waals surface area contributed by atoms with Crippen LogP contribution in [0.2, 0.25) is 0 Å². The van der Waals surface area contributed by atoms with Crippen molar-refractivity contribution < 1.29 is 16.7 Å². The highest BCUT2D eigenvalue weighted by Crippen LogP contribution is 2.17. The van der Waals surface area contributed by atoms with Gasteiger partial charge in [0.2, 0.25) is 0 Å². The fraction of sp³-hybridized carbons (Fsp3) is 0. The maximum absolute atomic E-state index is 12.7. The Hall–Kier alpha value is -0.240. The zero-order valence-corrected chi connectivity index (χ0v) is 8.56. The van der Waals surface area contributed by atoms with Gasteiger partial charge < -0.3 is 0 Å². The zero-order valence-electron chi connectivity index (χ0n) is 5.59. The monoisotopic (exact) mass is 304 g/mol. The maximum atomic E-state index is 12.7. The topological polar surface area (TPSA) is 34.1 Å². The molecule has 0 heterocycles. The van der Waals surface area contributed by atoms with Gasteiger partial charge in [-0.2, -0.15) is 8.42 Å². The van der Waals surface area contributed by atoms with Crippen molar-refractivity contribution in [1.82, 2.24) is 0 Å². The molecule has 0 unspecified atom stereocenters. The molecule has 2 nitrogen and oxygen atoms in total. The van der Waals surface area contributed by atoms with Crippen LogP contribution in [0, 0.1) is 9.39 Å². The van der Waals surface area contributed by atoms with Crippen molar-refractivity contribution in [3.05, 3.63) is 27.6 Å². The van der Waals surface area contributed by atoms with Crippen molar-refractivity contribution >= 4 is 32.8 Å². The van der Waals surface area contributed by atoms with E-state index >= 15 is 0 Å². The molecule has 6 heteroatoms. The number of rotatable bonds is 1. The summed E-state index contributed by atoms with van der Waals surface area (Å²) in [7, 11) is -4.79. The molecule has 0 aliphatic heterocycles. The summed E-state index contributed by atoms with van der Waals surface area (Å²) in [5.74, 6) is -0.741. The van der Waals surface area contributed by atoms with Crippen LogP contribution in [0.5, 0.6) is 0 Å². The lowest BCUT2D eigenvalue weighted by atomic mass is 10.3. The zero-order chi connectivity index (χ0) is 9.35. The van der Waals surface area contributed by atoms with Gasteiger partial charge >= 0.3 is 10.2 Å². The van der Waals surface area contributed by atoms with Gasteiger partial charge in [0.25, 0.3) is 0 Å².